The number of nitro benzene ring substituents is 1. The fraction of sp³-hybridized carbons (Fsp3) is 0.312. The molecule has 2 aliphatic heterocycles. The molecule has 11 heteroatoms. The van der Waals surface area contributed by atoms with E-state index in [4.69, 9.17) is 17.0 Å². The Morgan fingerprint density at radius 3 is 1.96 bits per heavy atom. The van der Waals surface area contributed by atoms with Crippen LogP contribution in [-0.2, 0) is 14.4 Å². The topological polar surface area (TPSA) is 102 Å². The van der Waals surface area contributed by atoms with Crippen molar-refractivity contribution in [2.75, 3.05) is 33.6 Å². The van der Waals surface area contributed by atoms with Crippen molar-refractivity contribution in [1.82, 2.24) is 9.96 Å². The Labute approximate surface area is 166 Å². The quantitative estimate of drug-likeness (QED) is 0.319. The second-order valence-corrected chi connectivity index (χ2v) is 6.71. The van der Waals surface area contributed by atoms with Gasteiger partial charge in [0.15, 0.2) is 0 Å². The number of hydrogen-bond acceptors (Lipinski definition) is 8. The van der Waals surface area contributed by atoms with Gasteiger partial charge in [-0.15, -0.1) is 5.06 Å². The van der Waals surface area contributed by atoms with Gasteiger partial charge in [-0.1, -0.05) is 24.0 Å². The van der Waals surface area contributed by atoms with Crippen LogP contribution < -0.4 is 4.74 Å². The van der Waals surface area contributed by atoms with E-state index < -0.39 is 16.7 Å². The number of thioether (sulfide) groups is 1. The summed E-state index contributed by atoms with van der Waals surface area (Å²) in [5.41, 5.74) is 0.0748. The second-order valence-electron chi connectivity index (χ2n) is 4.98. The van der Waals surface area contributed by atoms with Crippen molar-refractivity contribution in [3.8, 4) is 5.75 Å². The third-order valence-corrected chi connectivity index (χ3v) is 4.81. The third kappa shape index (κ3) is 7.33. The first kappa shape index (κ1) is 22.5. The van der Waals surface area contributed by atoms with Crippen LogP contribution in [0.2, 0.25) is 0 Å². The van der Waals surface area contributed by atoms with Gasteiger partial charge in [-0.2, -0.15) is 0 Å². The smallest absolute Gasteiger partial charge is 0.277 e. The molecule has 2 amide bonds. The fourth-order valence-corrected chi connectivity index (χ4v) is 2.93. The summed E-state index contributed by atoms with van der Waals surface area (Å²) in [6.07, 6.45) is 2.32. The minimum Gasteiger partial charge on any atom is -0.497 e. The van der Waals surface area contributed by atoms with Crippen molar-refractivity contribution < 1.29 is 24.1 Å². The second kappa shape index (κ2) is 11.3. The number of hydrogen-bond donors (Lipinski definition) is 0. The normalized spacial score (nSPS) is 15.1. The van der Waals surface area contributed by atoms with Crippen LogP contribution in [0.3, 0.4) is 0 Å². The van der Waals surface area contributed by atoms with Crippen LogP contribution in [0.25, 0.3) is 0 Å². The standard InChI is InChI=1S/C7H7NO3.C5H5NO3.C4H7NS2/c1-11-7-4-2-6(3-5-7)8(9)10;1-9-6-4(7)2-3-5(6)8;1-5-2-3-7-4(5)6/h2-5H,1H3;2-3H,1H3;2-3H2,1H3. The number of benzene rings is 1. The third-order valence-electron chi connectivity index (χ3n) is 3.20. The monoisotopic (exact) mass is 413 g/mol. The van der Waals surface area contributed by atoms with E-state index in [-0.39, 0.29) is 5.69 Å². The summed E-state index contributed by atoms with van der Waals surface area (Å²) in [4.78, 5) is 37.2. The molecule has 1 fully saturated rings. The highest BCUT2D eigenvalue weighted by Gasteiger charge is 2.22. The Morgan fingerprint density at radius 2 is 1.70 bits per heavy atom. The first-order chi connectivity index (χ1) is 12.8. The number of imide groups is 1. The van der Waals surface area contributed by atoms with Crippen LogP contribution in [0, 0.1) is 10.1 Å². The molecule has 27 heavy (non-hydrogen) atoms. The van der Waals surface area contributed by atoms with Crippen molar-refractivity contribution in [2.45, 2.75) is 0 Å². The molecule has 2 heterocycles. The van der Waals surface area contributed by atoms with Gasteiger partial charge in [0.1, 0.15) is 10.1 Å². The number of non-ortho nitro benzene ring substituents is 1. The van der Waals surface area contributed by atoms with Crippen molar-refractivity contribution in [2.24, 2.45) is 0 Å². The Balaban J connectivity index is 0.000000208. The number of ether oxygens (including phenoxy) is 1. The Hall–Kier alpha value is -2.50. The molecule has 0 atom stereocenters. The van der Waals surface area contributed by atoms with Gasteiger partial charge in [0.05, 0.1) is 19.1 Å². The zero-order chi connectivity index (χ0) is 20.4. The van der Waals surface area contributed by atoms with E-state index in [1.807, 2.05) is 7.05 Å². The van der Waals surface area contributed by atoms with Crippen molar-refractivity contribution in [1.29, 1.82) is 0 Å². The highest BCUT2D eigenvalue weighted by Crippen LogP contribution is 2.16. The molecule has 0 unspecified atom stereocenters. The summed E-state index contributed by atoms with van der Waals surface area (Å²) < 4.78 is 5.87. The summed E-state index contributed by atoms with van der Waals surface area (Å²) in [7, 11) is 4.81. The molecule has 1 saturated heterocycles. The van der Waals surface area contributed by atoms with Crippen LogP contribution in [-0.4, -0.2) is 64.6 Å². The molecule has 0 saturated carbocycles. The van der Waals surface area contributed by atoms with Crippen LogP contribution in [0.5, 0.6) is 5.75 Å². The first-order valence-electron chi connectivity index (χ1n) is 7.56. The number of nitrogens with zero attached hydrogens (tertiary/aromatic N) is 3. The van der Waals surface area contributed by atoms with Crippen LogP contribution in [0.1, 0.15) is 0 Å². The van der Waals surface area contributed by atoms with E-state index in [9.17, 15) is 19.7 Å². The number of methoxy groups -OCH3 is 1. The van der Waals surface area contributed by atoms with Gasteiger partial charge in [0.2, 0.25) is 0 Å². The maximum absolute atomic E-state index is 10.5. The average molecular weight is 413 g/mol. The van der Waals surface area contributed by atoms with Crippen LogP contribution in [0.4, 0.5) is 5.69 Å². The van der Waals surface area contributed by atoms with Gasteiger partial charge in [-0.05, 0) is 12.1 Å². The molecule has 0 aliphatic carbocycles. The SMILES string of the molecule is CN1CCSC1=S.CON1C(=O)C=CC1=O.COc1ccc([N+](=O)[O-])cc1. The maximum Gasteiger partial charge on any atom is 0.277 e. The predicted molar refractivity (Wildman–Crippen MR) is 105 cm³/mol. The number of nitro groups is 1. The zero-order valence-electron chi connectivity index (χ0n) is 15.0. The molecule has 0 radical (unpaired) electrons. The lowest BCUT2D eigenvalue weighted by molar-refractivity contribution is -0.384. The first-order valence-corrected chi connectivity index (χ1v) is 8.96. The number of thiocarbonyl (C=S) groups is 1. The molecule has 0 N–H and O–H groups in total. The van der Waals surface area contributed by atoms with Crippen molar-refractivity contribution >= 4 is 45.8 Å². The highest BCUT2D eigenvalue weighted by molar-refractivity contribution is 8.23. The van der Waals surface area contributed by atoms with E-state index in [0.29, 0.717) is 10.8 Å². The van der Waals surface area contributed by atoms with Gasteiger partial charge >= 0.3 is 0 Å². The summed E-state index contributed by atoms with van der Waals surface area (Å²) in [6, 6.07) is 5.91. The molecule has 1 aromatic carbocycles. The van der Waals surface area contributed by atoms with Gasteiger partial charge < -0.3 is 9.64 Å². The Morgan fingerprint density at radius 1 is 1.15 bits per heavy atom. The van der Waals surface area contributed by atoms with E-state index in [1.165, 1.54) is 32.1 Å². The maximum atomic E-state index is 10.5. The lowest BCUT2D eigenvalue weighted by Crippen LogP contribution is -2.28. The van der Waals surface area contributed by atoms with Gasteiger partial charge in [-0.3, -0.25) is 24.5 Å². The van der Waals surface area contributed by atoms with Gasteiger partial charge in [-0.25, -0.2) is 0 Å². The number of rotatable bonds is 3. The Bertz CT molecular complexity index is 705. The fourth-order valence-electron chi connectivity index (χ4n) is 1.74. The van der Waals surface area contributed by atoms with Gasteiger partial charge in [0.25, 0.3) is 17.5 Å². The minimum atomic E-state index is -0.445. The summed E-state index contributed by atoms with van der Waals surface area (Å²) in [6.45, 7) is 1.13. The van der Waals surface area contributed by atoms with Crippen molar-refractivity contribution in [3.63, 3.8) is 0 Å². The largest absolute Gasteiger partial charge is 0.497 e. The van der Waals surface area contributed by atoms with Crippen LogP contribution in [0.15, 0.2) is 36.4 Å². The summed E-state index contributed by atoms with van der Waals surface area (Å²) in [5.74, 6) is 0.940. The van der Waals surface area contributed by atoms with Crippen molar-refractivity contribution in [3.05, 3.63) is 46.5 Å². The molecular weight excluding hydrogens is 394 g/mol. The molecule has 0 spiro atoms. The molecule has 0 bridgehead atoms. The zero-order valence-corrected chi connectivity index (χ0v) is 16.6. The summed E-state index contributed by atoms with van der Waals surface area (Å²) in [5, 5.41) is 10.8. The van der Waals surface area contributed by atoms with Gasteiger partial charge in [0, 0.05) is 43.6 Å². The van der Waals surface area contributed by atoms with E-state index in [1.54, 1.807) is 23.9 Å². The number of carbonyl (C=O) groups is 2. The van der Waals surface area contributed by atoms with E-state index in [2.05, 4.69) is 9.74 Å². The molecule has 1 aromatic rings. The molecule has 9 nitrogen and oxygen atoms in total. The summed E-state index contributed by atoms with van der Waals surface area (Å²) >= 11 is 6.69. The number of carbonyl (C=O) groups excluding carboxylic acids is 2. The highest BCUT2D eigenvalue weighted by atomic mass is 32.2. The Kier molecular flexibility index (Phi) is 9.40. The predicted octanol–water partition coefficient (Wildman–Crippen LogP) is 2.03. The lowest BCUT2D eigenvalue weighted by Gasteiger charge is -2.07. The van der Waals surface area contributed by atoms with E-state index >= 15 is 0 Å². The lowest BCUT2D eigenvalue weighted by atomic mass is 10.3. The molecule has 146 valence electrons. The van der Waals surface area contributed by atoms with Crippen LogP contribution >= 0.6 is 24.0 Å². The molecular formula is C16H19N3O6S2. The molecule has 0 aromatic heterocycles. The minimum absolute atomic E-state index is 0.0748. The number of hydroxylamine groups is 2. The molecule has 2 aliphatic rings. The van der Waals surface area contributed by atoms with E-state index in [0.717, 1.165) is 23.0 Å². The average Bonchev–Trinajstić information content (AvgIpc) is 3.20. The number of amides is 2. The molecule has 3 rings (SSSR count).